The molecule has 2 heterocycles. The lowest BCUT2D eigenvalue weighted by atomic mass is 10.1. The summed E-state index contributed by atoms with van der Waals surface area (Å²) < 4.78 is 1.80. The van der Waals surface area contributed by atoms with Crippen molar-refractivity contribution in [2.75, 3.05) is 13.1 Å². The molecule has 0 aliphatic carbocycles. The molecule has 1 saturated heterocycles. The van der Waals surface area contributed by atoms with Crippen LogP contribution in [0.5, 0.6) is 0 Å². The van der Waals surface area contributed by atoms with Gasteiger partial charge in [0.25, 0.3) is 5.91 Å². The normalized spacial score (nSPS) is 18.4. The molecule has 5 nitrogen and oxygen atoms in total. The third kappa shape index (κ3) is 3.70. The molecule has 1 aliphatic heterocycles. The summed E-state index contributed by atoms with van der Waals surface area (Å²) in [5.74, 6) is -0.0389. The number of carbonyl (C=O) groups is 1. The van der Waals surface area contributed by atoms with Crippen LogP contribution >= 0.6 is 0 Å². The van der Waals surface area contributed by atoms with Gasteiger partial charge in [0.05, 0.1) is 18.3 Å². The zero-order valence-electron chi connectivity index (χ0n) is 12.0. The van der Waals surface area contributed by atoms with Crippen molar-refractivity contribution < 1.29 is 4.79 Å². The first-order valence-corrected chi connectivity index (χ1v) is 7.39. The van der Waals surface area contributed by atoms with E-state index in [0.29, 0.717) is 12.1 Å². The number of hydrogen-bond acceptors (Lipinski definition) is 3. The van der Waals surface area contributed by atoms with Crippen molar-refractivity contribution in [2.24, 2.45) is 0 Å². The van der Waals surface area contributed by atoms with E-state index in [0.717, 1.165) is 25.9 Å². The summed E-state index contributed by atoms with van der Waals surface area (Å²) in [7, 11) is 0. The van der Waals surface area contributed by atoms with E-state index in [1.54, 1.807) is 17.1 Å². The van der Waals surface area contributed by atoms with E-state index in [1.165, 1.54) is 5.56 Å². The lowest BCUT2D eigenvalue weighted by Crippen LogP contribution is -2.45. The van der Waals surface area contributed by atoms with Gasteiger partial charge >= 0.3 is 0 Å². The third-order valence-electron chi connectivity index (χ3n) is 3.71. The fourth-order valence-electron chi connectivity index (χ4n) is 2.58. The minimum atomic E-state index is -0.0389. The molecule has 2 aromatic rings. The van der Waals surface area contributed by atoms with Gasteiger partial charge in [-0.05, 0) is 24.9 Å². The Balaban J connectivity index is 1.60. The predicted octanol–water partition coefficient (Wildman–Crippen LogP) is 1.41. The van der Waals surface area contributed by atoms with Gasteiger partial charge in [0, 0.05) is 18.8 Å². The van der Waals surface area contributed by atoms with Crippen molar-refractivity contribution in [1.29, 1.82) is 0 Å². The largest absolute Gasteiger partial charge is 0.348 e. The highest BCUT2D eigenvalue weighted by Crippen LogP contribution is 2.06. The number of nitrogens with zero attached hydrogens (tertiary/aromatic N) is 2. The van der Waals surface area contributed by atoms with Crippen LogP contribution in [0, 0.1) is 0 Å². The van der Waals surface area contributed by atoms with E-state index < -0.39 is 0 Å². The molecule has 0 bridgehead atoms. The molecule has 0 unspecified atom stereocenters. The monoisotopic (exact) mass is 284 g/mol. The van der Waals surface area contributed by atoms with Crippen molar-refractivity contribution in [3.8, 4) is 0 Å². The summed E-state index contributed by atoms with van der Waals surface area (Å²) in [6, 6.07) is 10.3. The van der Waals surface area contributed by atoms with Gasteiger partial charge in [-0.15, -0.1) is 0 Å². The van der Waals surface area contributed by atoms with Crippen LogP contribution in [0.4, 0.5) is 0 Å². The first kappa shape index (κ1) is 13.8. The smallest absolute Gasteiger partial charge is 0.254 e. The Kier molecular flexibility index (Phi) is 4.31. The number of hydrogen-bond donors (Lipinski definition) is 2. The molecule has 0 spiro atoms. The Morgan fingerprint density at radius 1 is 1.38 bits per heavy atom. The molecule has 0 saturated carbocycles. The molecule has 3 rings (SSSR count). The van der Waals surface area contributed by atoms with E-state index in [2.05, 4.69) is 27.9 Å². The first-order chi connectivity index (χ1) is 10.3. The van der Waals surface area contributed by atoms with Gasteiger partial charge in [-0.25, -0.2) is 0 Å². The second kappa shape index (κ2) is 6.54. The molecule has 5 heteroatoms. The highest BCUT2D eigenvalue weighted by molar-refractivity contribution is 5.93. The molecule has 1 amide bonds. The van der Waals surface area contributed by atoms with Gasteiger partial charge in [-0.1, -0.05) is 30.3 Å². The molecule has 2 N–H and O–H groups in total. The molecule has 1 atom stereocenters. The average molecular weight is 284 g/mol. The van der Waals surface area contributed by atoms with Crippen LogP contribution in [0.1, 0.15) is 28.8 Å². The average Bonchev–Trinajstić information content (AvgIpc) is 2.98. The predicted molar refractivity (Wildman–Crippen MR) is 81.1 cm³/mol. The maximum Gasteiger partial charge on any atom is 0.254 e. The Bertz CT molecular complexity index is 587. The third-order valence-corrected chi connectivity index (χ3v) is 3.71. The SMILES string of the molecule is O=C(N[C@H]1CCCNC1)c1cnn(Cc2ccccc2)c1. The topological polar surface area (TPSA) is 59.0 Å². The van der Waals surface area contributed by atoms with Crippen molar-refractivity contribution in [1.82, 2.24) is 20.4 Å². The van der Waals surface area contributed by atoms with Crippen molar-refractivity contribution in [2.45, 2.75) is 25.4 Å². The summed E-state index contributed by atoms with van der Waals surface area (Å²) in [4.78, 5) is 12.2. The molecule has 21 heavy (non-hydrogen) atoms. The van der Waals surface area contributed by atoms with Crippen molar-refractivity contribution >= 4 is 5.91 Å². The second-order valence-electron chi connectivity index (χ2n) is 5.43. The van der Waals surface area contributed by atoms with Gasteiger partial charge in [0.15, 0.2) is 0 Å². The summed E-state index contributed by atoms with van der Waals surface area (Å²) in [6.07, 6.45) is 5.59. The number of benzene rings is 1. The quantitative estimate of drug-likeness (QED) is 0.892. The Morgan fingerprint density at radius 2 is 2.24 bits per heavy atom. The molecule has 110 valence electrons. The number of piperidine rings is 1. The fraction of sp³-hybridized carbons (Fsp3) is 0.375. The molecule has 1 aliphatic rings. The molecular weight excluding hydrogens is 264 g/mol. The number of nitrogens with one attached hydrogen (secondary N) is 2. The van der Waals surface area contributed by atoms with E-state index in [-0.39, 0.29) is 11.9 Å². The van der Waals surface area contributed by atoms with E-state index >= 15 is 0 Å². The van der Waals surface area contributed by atoms with E-state index in [9.17, 15) is 4.79 Å². The van der Waals surface area contributed by atoms with Crippen LogP contribution in [-0.2, 0) is 6.54 Å². The minimum Gasteiger partial charge on any atom is -0.348 e. The molecule has 1 aromatic heterocycles. The van der Waals surface area contributed by atoms with E-state index in [4.69, 9.17) is 0 Å². The molecular formula is C16H20N4O. The van der Waals surface area contributed by atoms with Gasteiger partial charge < -0.3 is 10.6 Å². The number of aromatic nitrogens is 2. The van der Waals surface area contributed by atoms with Crippen LogP contribution in [0.3, 0.4) is 0 Å². The number of carbonyl (C=O) groups excluding carboxylic acids is 1. The Hall–Kier alpha value is -2.14. The van der Waals surface area contributed by atoms with Gasteiger partial charge in [0.2, 0.25) is 0 Å². The van der Waals surface area contributed by atoms with Crippen molar-refractivity contribution in [3.05, 3.63) is 53.9 Å². The lowest BCUT2D eigenvalue weighted by molar-refractivity contribution is 0.0930. The first-order valence-electron chi connectivity index (χ1n) is 7.39. The molecule has 1 aromatic carbocycles. The zero-order valence-corrected chi connectivity index (χ0v) is 12.0. The Labute approximate surface area is 124 Å². The summed E-state index contributed by atoms with van der Waals surface area (Å²) in [6.45, 7) is 2.57. The van der Waals surface area contributed by atoms with Crippen LogP contribution in [0.15, 0.2) is 42.7 Å². The second-order valence-corrected chi connectivity index (χ2v) is 5.43. The maximum atomic E-state index is 12.2. The summed E-state index contributed by atoms with van der Waals surface area (Å²) >= 11 is 0. The van der Waals surface area contributed by atoms with Crippen LogP contribution in [0.2, 0.25) is 0 Å². The van der Waals surface area contributed by atoms with Crippen LogP contribution in [-0.4, -0.2) is 34.8 Å². The van der Waals surface area contributed by atoms with E-state index in [1.807, 2.05) is 18.2 Å². The lowest BCUT2D eigenvalue weighted by Gasteiger charge is -2.23. The zero-order chi connectivity index (χ0) is 14.5. The highest BCUT2D eigenvalue weighted by atomic mass is 16.1. The van der Waals surface area contributed by atoms with Gasteiger partial charge in [-0.3, -0.25) is 9.48 Å². The summed E-state index contributed by atoms with van der Waals surface area (Å²) in [5.41, 5.74) is 1.79. The van der Waals surface area contributed by atoms with Gasteiger partial charge in [-0.2, -0.15) is 5.10 Å². The van der Waals surface area contributed by atoms with Crippen LogP contribution in [0.25, 0.3) is 0 Å². The molecule has 0 radical (unpaired) electrons. The van der Waals surface area contributed by atoms with Crippen LogP contribution < -0.4 is 10.6 Å². The number of rotatable bonds is 4. The highest BCUT2D eigenvalue weighted by Gasteiger charge is 2.17. The van der Waals surface area contributed by atoms with Gasteiger partial charge in [0.1, 0.15) is 0 Å². The standard InChI is InChI=1S/C16H20N4O/c21-16(19-15-7-4-8-17-10-15)14-9-18-20(12-14)11-13-5-2-1-3-6-13/h1-3,5-6,9,12,15,17H,4,7-8,10-11H2,(H,19,21)/t15-/m0/s1. The summed E-state index contributed by atoms with van der Waals surface area (Å²) in [5, 5.41) is 10.6. The number of amides is 1. The maximum absolute atomic E-state index is 12.2. The minimum absolute atomic E-state index is 0.0389. The van der Waals surface area contributed by atoms with Crippen molar-refractivity contribution in [3.63, 3.8) is 0 Å². The molecule has 1 fully saturated rings. The Morgan fingerprint density at radius 3 is 3.00 bits per heavy atom. The fourth-order valence-corrected chi connectivity index (χ4v) is 2.58.